The Hall–Kier alpha value is -3.88. The number of H-pyrrole nitrogens is 2. The first-order valence-corrected chi connectivity index (χ1v) is 14.8. The summed E-state index contributed by atoms with van der Waals surface area (Å²) in [5.74, 6) is 0.535. The Kier molecular flexibility index (Phi) is 7.23. The maximum Gasteiger partial charge on any atom is 0.169 e. The Morgan fingerprint density at radius 3 is 2.48 bits per heavy atom. The number of aryl methyl sites for hydroxylation is 2. The molecule has 42 heavy (non-hydrogen) atoms. The summed E-state index contributed by atoms with van der Waals surface area (Å²) in [5, 5.41) is 0. The summed E-state index contributed by atoms with van der Waals surface area (Å²) in [6, 6.07) is 6.18. The zero-order valence-electron chi connectivity index (χ0n) is 25.4. The maximum absolute atomic E-state index is 13.5. The van der Waals surface area contributed by atoms with Crippen molar-refractivity contribution < 1.29 is 19.4 Å². The molecule has 0 saturated carbocycles. The minimum absolute atomic E-state index is 0.00936. The van der Waals surface area contributed by atoms with Gasteiger partial charge >= 0.3 is 0 Å². The summed E-state index contributed by atoms with van der Waals surface area (Å²) in [6.07, 6.45) is 2.71. The average molecular weight is 567 g/mol. The fourth-order valence-corrected chi connectivity index (χ4v) is 7.00. The molecule has 0 fully saturated rings. The van der Waals surface area contributed by atoms with Gasteiger partial charge in [0, 0.05) is 57.4 Å². The number of rotatable bonds is 7. The van der Waals surface area contributed by atoms with Crippen molar-refractivity contribution in [2.45, 2.75) is 79.1 Å². The number of carbonyl (C=O) groups excluding carboxylic acids is 2. The Balaban J connectivity index is 1.74. The van der Waals surface area contributed by atoms with Crippen molar-refractivity contribution in [1.82, 2.24) is 19.9 Å². The predicted molar refractivity (Wildman–Crippen MR) is 165 cm³/mol. The molecule has 8 bridgehead atoms. The Bertz CT molecular complexity index is 1840. The highest BCUT2D eigenvalue weighted by Crippen LogP contribution is 2.42. The van der Waals surface area contributed by atoms with Gasteiger partial charge in [-0.3, -0.25) is 14.6 Å². The van der Waals surface area contributed by atoms with Crippen LogP contribution in [0.15, 0.2) is 18.2 Å². The third-order valence-electron chi connectivity index (χ3n) is 9.30. The summed E-state index contributed by atoms with van der Waals surface area (Å²) in [7, 11) is 1.51. The number of nitrogens with one attached hydrogen (secondary N) is 2. The van der Waals surface area contributed by atoms with Crippen molar-refractivity contribution in [3.05, 3.63) is 68.8 Å². The van der Waals surface area contributed by atoms with Crippen molar-refractivity contribution >= 4 is 44.8 Å². The number of hydrogen-bond donors (Lipinski definition) is 2. The summed E-state index contributed by atoms with van der Waals surface area (Å²) < 4.78 is 0. The molecule has 2 N–H and O–H groups in total. The number of hydrogen-bond acceptors (Lipinski definition) is 6. The van der Waals surface area contributed by atoms with Crippen LogP contribution in [0.5, 0.6) is 0 Å². The van der Waals surface area contributed by atoms with Gasteiger partial charge in [0.1, 0.15) is 0 Å². The molecule has 2 aliphatic heterocycles. The van der Waals surface area contributed by atoms with Crippen LogP contribution in [0.2, 0.25) is 0 Å². The molecule has 3 aliphatic rings. The van der Waals surface area contributed by atoms with E-state index in [1.165, 1.54) is 7.11 Å². The first kappa shape index (κ1) is 28.2. The third kappa shape index (κ3) is 4.44. The number of nitrogens with zero attached hydrogens (tertiary/aromatic N) is 2. The molecule has 6 rings (SSSR count). The van der Waals surface area contributed by atoms with Crippen molar-refractivity contribution in [2.24, 2.45) is 0 Å². The van der Waals surface area contributed by atoms with Gasteiger partial charge in [-0.25, -0.2) is 14.8 Å². The quantitative estimate of drug-likeness (QED) is 0.133. The van der Waals surface area contributed by atoms with Gasteiger partial charge in [0.2, 0.25) is 0 Å². The monoisotopic (exact) mass is 566 g/mol. The highest BCUT2D eigenvalue weighted by Gasteiger charge is 2.32. The molecular formula is C34H38N4O4. The Morgan fingerprint density at radius 1 is 1.02 bits per heavy atom. The van der Waals surface area contributed by atoms with Gasteiger partial charge in [-0.15, -0.1) is 0 Å². The van der Waals surface area contributed by atoms with Crippen LogP contribution < -0.4 is 0 Å². The molecule has 8 heteroatoms. The molecule has 8 nitrogen and oxygen atoms in total. The van der Waals surface area contributed by atoms with Crippen molar-refractivity contribution in [3.8, 4) is 0 Å². The van der Waals surface area contributed by atoms with E-state index in [4.69, 9.17) is 19.7 Å². The largest absolute Gasteiger partial charge is 0.355 e. The fourth-order valence-electron chi connectivity index (χ4n) is 7.00. The van der Waals surface area contributed by atoms with E-state index < -0.39 is 0 Å². The van der Waals surface area contributed by atoms with Gasteiger partial charge in [0.05, 0.1) is 36.1 Å². The van der Waals surface area contributed by atoms with Gasteiger partial charge in [-0.1, -0.05) is 13.8 Å². The maximum atomic E-state index is 13.5. The number of fused-ring (bicyclic) bond motifs is 8. The summed E-state index contributed by atoms with van der Waals surface area (Å²) in [5.41, 5.74) is 13.4. The van der Waals surface area contributed by atoms with E-state index in [9.17, 15) is 9.59 Å². The Labute approximate surface area is 245 Å². The molecule has 3 aromatic rings. The van der Waals surface area contributed by atoms with E-state index in [-0.39, 0.29) is 23.4 Å². The van der Waals surface area contributed by atoms with E-state index in [1.807, 2.05) is 26.0 Å². The van der Waals surface area contributed by atoms with Gasteiger partial charge in [-0.2, -0.15) is 0 Å². The van der Waals surface area contributed by atoms with E-state index in [0.717, 1.165) is 97.5 Å². The molecule has 2 atom stereocenters. The van der Waals surface area contributed by atoms with Crippen LogP contribution in [-0.4, -0.2) is 45.2 Å². The van der Waals surface area contributed by atoms with Crippen LogP contribution >= 0.6 is 0 Å². The Morgan fingerprint density at radius 2 is 1.76 bits per heavy atom. The van der Waals surface area contributed by atoms with Crippen molar-refractivity contribution in [2.75, 3.05) is 13.7 Å². The first-order chi connectivity index (χ1) is 20.1. The minimum Gasteiger partial charge on any atom is -0.355 e. The summed E-state index contributed by atoms with van der Waals surface area (Å²) in [4.78, 5) is 53.7. The van der Waals surface area contributed by atoms with E-state index in [1.54, 1.807) is 6.92 Å². The zero-order valence-corrected chi connectivity index (χ0v) is 25.4. The van der Waals surface area contributed by atoms with Crippen molar-refractivity contribution in [3.63, 3.8) is 0 Å². The zero-order chi connectivity index (χ0) is 29.9. The van der Waals surface area contributed by atoms with Gasteiger partial charge < -0.3 is 9.97 Å². The lowest BCUT2D eigenvalue weighted by atomic mass is 9.89. The highest BCUT2D eigenvalue weighted by molar-refractivity contribution is 6.14. The molecule has 0 amide bonds. The molecule has 5 heterocycles. The number of aromatic nitrogens is 4. The van der Waals surface area contributed by atoms with E-state index in [0.29, 0.717) is 18.6 Å². The number of allylic oxidation sites excluding steroid dienone is 2. The highest BCUT2D eigenvalue weighted by atomic mass is 17.2. The third-order valence-corrected chi connectivity index (χ3v) is 9.30. The van der Waals surface area contributed by atoms with Crippen LogP contribution in [-0.2, 0) is 16.2 Å². The standard InChI is InChI=1S/C34H38N4O4/c1-8-21-16(2)24-15-29-31(20(6)39)18(4)26(36-29)13-25-17(3)22(10-9-11-42-41-7)33(37-25)23-12-30(40)32-19(5)27(38-34(23)32)14-28(21)35-24/h13-16,21,36,38H,8-12H2,1-7H3/t16-,21-/m1/s1. The number of aromatic amines is 2. The summed E-state index contributed by atoms with van der Waals surface area (Å²) >= 11 is 0. The second kappa shape index (κ2) is 10.7. The summed E-state index contributed by atoms with van der Waals surface area (Å²) in [6.45, 7) is 12.5. The molecule has 0 spiro atoms. The number of ketones is 2. The van der Waals surface area contributed by atoms with Crippen LogP contribution in [0.4, 0.5) is 0 Å². The molecule has 0 unspecified atom stereocenters. The molecule has 0 radical (unpaired) electrons. The average Bonchev–Trinajstić information content (AvgIpc) is 3.69. The van der Waals surface area contributed by atoms with Crippen LogP contribution in [0.3, 0.4) is 0 Å². The van der Waals surface area contributed by atoms with Gasteiger partial charge in [0.15, 0.2) is 11.6 Å². The minimum atomic E-state index is 0.00936. The molecule has 0 aromatic carbocycles. The van der Waals surface area contributed by atoms with Crippen molar-refractivity contribution in [1.29, 1.82) is 0 Å². The van der Waals surface area contributed by atoms with E-state index >= 15 is 0 Å². The van der Waals surface area contributed by atoms with E-state index in [2.05, 4.69) is 36.8 Å². The molecule has 3 aromatic heterocycles. The smallest absolute Gasteiger partial charge is 0.169 e. The molecule has 218 valence electrons. The normalized spacial score (nSPS) is 17.9. The van der Waals surface area contributed by atoms with Crippen LogP contribution in [0.1, 0.15) is 119 Å². The lowest BCUT2D eigenvalue weighted by Crippen LogP contribution is -2.01. The topological polar surface area (TPSA) is 110 Å². The van der Waals surface area contributed by atoms with Gasteiger partial charge in [0.25, 0.3) is 0 Å². The lowest BCUT2D eigenvalue weighted by Gasteiger charge is -2.12. The first-order valence-electron chi connectivity index (χ1n) is 14.8. The second-order valence-electron chi connectivity index (χ2n) is 11.7. The SMILES string of the molecule is CC[C@H]1c2cc3[nH]c4c(c5nc(cc6[nH]c(cc(n2)[C@@H]1C)c(C(C)=O)c6C)C(C)=C5CCCOOC)CC(=O)c4c3C. The predicted octanol–water partition coefficient (Wildman–Crippen LogP) is 7.46. The lowest BCUT2D eigenvalue weighted by molar-refractivity contribution is -0.272. The molecule has 0 saturated heterocycles. The molecule has 1 aliphatic carbocycles. The number of carbonyl (C=O) groups is 2. The van der Waals surface area contributed by atoms with Crippen LogP contribution in [0.25, 0.3) is 33.2 Å². The fraction of sp³-hybridized carbons (Fsp3) is 0.412. The second-order valence-corrected chi connectivity index (χ2v) is 11.7. The van der Waals surface area contributed by atoms with Gasteiger partial charge in [-0.05, 0) is 87.4 Å². The van der Waals surface area contributed by atoms with Crippen LogP contribution in [0, 0.1) is 13.8 Å². The number of Topliss-reactive ketones (excluding diaryl/α,β-unsaturated/α-hetero) is 2. The molecular weight excluding hydrogens is 528 g/mol.